The third-order valence-electron chi connectivity index (χ3n) is 8.16. The van der Waals surface area contributed by atoms with E-state index in [0.29, 0.717) is 13.1 Å². The normalized spacial score (nSPS) is 31.8. The average Bonchev–Trinajstić information content (AvgIpc) is 3.51. The van der Waals surface area contributed by atoms with E-state index in [4.69, 9.17) is 5.26 Å². The number of nitrogens with zero attached hydrogens (tertiary/aromatic N) is 4. The Morgan fingerprint density at radius 2 is 2.00 bits per heavy atom. The molecule has 4 fully saturated rings. The maximum Gasteiger partial charge on any atom is 0.238 e. The molecule has 11 heteroatoms. The maximum atomic E-state index is 13.6. The van der Waals surface area contributed by atoms with Crippen LogP contribution in [0.3, 0.4) is 0 Å². The molecule has 1 spiro atoms. The van der Waals surface area contributed by atoms with Gasteiger partial charge < -0.3 is 20.9 Å². The van der Waals surface area contributed by atoms with Gasteiger partial charge in [0.1, 0.15) is 11.4 Å². The number of amides is 3. The van der Waals surface area contributed by atoms with Crippen LogP contribution in [0.1, 0.15) is 32.6 Å². The summed E-state index contributed by atoms with van der Waals surface area (Å²) in [6.45, 7) is 4.55. The zero-order chi connectivity index (χ0) is 26.9. The third-order valence-corrected chi connectivity index (χ3v) is 10.1. The summed E-state index contributed by atoms with van der Waals surface area (Å²) in [4.78, 5) is 41.7. The number of nitrogens with one attached hydrogen (secondary N) is 3. The van der Waals surface area contributed by atoms with Gasteiger partial charge in [0.15, 0.2) is 0 Å². The molecule has 1 aromatic carbocycles. The Morgan fingerprint density at radius 3 is 2.68 bits per heavy atom. The zero-order valence-corrected chi connectivity index (χ0v) is 22.3. The van der Waals surface area contributed by atoms with Crippen LogP contribution < -0.4 is 16.0 Å². The molecule has 2 saturated carbocycles. The van der Waals surface area contributed by atoms with E-state index in [-0.39, 0.29) is 41.5 Å². The van der Waals surface area contributed by atoms with Gasteiger partial charge in [-0.25, -0.2) is 0 Å². The van der Waals surface area contributed by atoms with E-state index in [0.717, 1.165) is 50.1 Å². The molecule has 10 nitrogen and oxygen atoms in total. The molecule has 0 radical (unpaired) electrons. The van der Waals surface area contributed by atoms with Crippen LogP contribution in [-0.4, -0.2) is 76.4 Å². The van der Waals surface area contributed by atoms with Crippen molar-refractivity contribution in [1.82, 2.24) is 15.1 Å². The lowest BCUT2D eigenvalue weighted by Gasteiger charge is -2.47. The van der Waals surface area contributed by atoms with Gasteiger partial charge in [-0.3, -0.25) is 19.3 Å². The van der Waals surface area contributed by atoms with Crippen LogP contribution >= 0.6 is 11.8 Å². The second-order valence-electron chi connectivity index (χ2n) is 10.5. The molecule has 3 N–H and O–H groups in total. The summed E-state index contributed by atoms with van der Waals surface area (Å²) in [6.07, 6.45) is 3.44. The molecule has 2 aliphatic carbocycles. The van der Waals surface area contributed by atoms with Gasteiger partial charge in [-0.05, 0) is 63.9 Å². The minimum Gasteiger partial charge on any atom is -0.382 e. The van der Waals surface area contributed by atoms with Crippen molar-refractivity contribution in [2.45, 2.75) is 48.8 Å². The number of thioether (sulfide) groups is 1. The van der Waals surface area contributed by atoms with Gasteiger partial charge in [-0.15, -0.1) is 11.8 Å². The minimum atomic E-state index is -0.871. The Balaban J connectivity index is 1.26. The number of benzene rings is 1. The number of carbonyl (C=O) groups excluding carboxylic acids is 3. The number of nitriles is 2. The summed E-state index contributed by atoms with van der Waals surface area (Å²) in [7, 11) is 0. The summed E-state index contributed by atoms with van der Waals surface area (Å²) in [5.41, 5.74) is 1.65. The highest BCUT2D eigenvalue weighted by molar-refractivity contribution is 8.01. The standard InChI is InChI=1S/C27H33N7O3S/c1-2-34-26(37)20-8-7-19(14-22(20)38-27(34)21(15-29)24(27)25(36)30-10-9-28)31-17-5-3-6-18(13-17)32-23(35)16-33-11-4-12-33/h3,5-6,13,19-22,24,31H,2,4,7-8,10-12,14,16H2,1H3,(H,30,36)(H,32,35)/t19-,20?,21?,22?,24?,27?/m0/s1. The molecule has 6 atom stereocenters. The second kappa shape index (κ2) is 10.8. The number of rotatable bonds is 8. The Kier molecular flexibility index (Phi) is 7.51. The van der Waals surface area contributed by atoms with Crippen LogP contribution in [-0.2, 0) is 14.4 Å². The van der Waals surface area contributed by atoms with Gasteiger partial charge in [0.05, 0.1) is 36.4 Å². The van der Waals surface area contributed by atoms with Crippen molar-refractivity contribution in [3.05, 3.63) is 24.3 Å². The third kappa shape index (κ3) is 4.81. The molecular formula is C27H33N7O3S. The Hall–Kier alpha value is -3.28. The fourth-order valence-corrected chi connectivity index (χ4v) is 8.43. The first kappa shape index (κ1) is 26.3. The van der Waals surface area contributed by atoms with Crippen LogP contribution in [0.25, 0.3) is 0 Å². The molecule has 4 aliphatic rings. The van der Waals surface area contributed by atoms with E-state index in [9.17, 15) is 19.6 Å². The van der Waals surface area contributed by atoms with E-state index in [1.807, 2.05) is 37.3 Å². The van der Waals surface area contributed by atoms with Gasteiger partial charge in [0, 0.05) is 29.2 Å². The first-order valence-corrected chi connectivity index (χ1v) is 14.2. The highest BCUT2D eigenvalue weighted by Crippen LogP contribution is 2.66. The number of likely N-dealkylation sites (tertiary alicyclic amines) is 1. The van der Waals surface area contributed by atoms with Gasteiger partial charge >= 0.3 is 0 Å². The van der Waals surface area contributed by atoms with Crippen LogP contribution in [0.4, 0.5) is 11.4 Å². The molecule has 5 rings (SSSR count). The fraction of sp³-hybridized carbons (Fsp3) is 0.593. The number of anilines is 2. The Labute approximate surface area is 227 Å². The predicted octanol–water partition coefficient (Wildman–Crippen LogP) is 1.98. The van der Waals surface area contributed by atoms with E-state index in [1.54, 1.807) is 16.7 Å². The molecule has 38 heavy (non-hydrogen) atoms. The van der Waals surface area contributed by atoms with Gasteiger partial charge in [-0.1, -0.05) is 6.07 Å². The molecule has 3 amide bonds. The molecule has 5 unspecified atom stereocenters. The SMILES string of the molecule is CCN1C(=O)C2CC[C@H](Nc3cccc(NC(=O)CN4CCC4)c3)CC2SC12C(C#N)C2C(=O)NCC#N. The maximum absolute atomic E-state index is 13.6. The predicted molar refractivity (Wildman–Crippen MR) is 144 cm³/mol. The van der Waals surface area contributed by atoms with Crippen molar-refractivity contribution in [2.75, 3.05) is 43.4 Å². The first-order chi connectivity index (χ1) is 18.4. The molecule has 2 heterocycles. The van der Waals surface area contributed by atoms with Crippen LogP contribution in [0.5, 0.6) is 0 Å². The van der Waals surface area contributed by atoms with Crippen LogP contribution in [0.2, 0.25) is 0 Å². The lowest BCUT2D eigenvalue weighted by molar-refractivity contribution is -0.139. The molecule has 1 aromatic rings. The summed E-state index contributed by atoms with van der Waals surface area (Å²) in [6, 6.07) is 12.0. The Morgan fingerprint density at radius 1 is 1.21 bits per heavy atom. The van der Waals surface area contributed by atoms with Gasteiger partial charge in [0.2, 0.25) is 17.7 Å². The molecule has 2 saturated heterocycles. The molecule has 200 valence electrons. The van der Waals surface area contributed by atoms with Crippen molar-refractivity contribution >= 4 is 40.9 Å². The van der Waals surface area contributed by atoms with Gasteiger partial charge in [-0.2, -0.15) is 10.5 Å². The van der Waals surface area contributed by atoms with Crippen LogP contribution in [0.15, 0.2) is 24.3 Å². The van der Waals surface area contributed by atoms with E-state index >= 15 is 0 Å². The Bertz CT molecular complexity index is 1190. The lowest BCUT2D eigenvalue weighted by atomic mass is 9.84. The summed E-state index contributed by atoms with van der Waals surface area (Å²) >= 11 is 1.60. The average molecular weight is 536 g/mol. The highest BCUT2D eigenvalue weighted by atomic mass is 32.2. The number of hydrogen-bond donors (Lipinski definition) is 3. The number of hydrogen-bond acceptors (Lipinski definition) is 8. The van der Waals surface area contributed by atoms with E-state index in [1.165, 1.54) is 0 Å². The largest absolute Gasteiger partial charge is 0.382 e. The molecule has 2 aliphatic heterocycles. The lowest BCUT2D eigenvalue weighted by Crippen LogP contribution is -2.56. The van der Waals surface area contributed by atoms with Crippen LogP contribution in [0, 0.1) is 40.4 Å². The summed E-state index contributed by atoms with van der Waals surface area (Å²) < 4.78 is 0. The van der Waals surface area contributed by atoms with Crippen molar-refractivity contribution in [1.29, 1.82) is 10.5 Å². The molecular weight excluding hydrogens is 502 g/mol. The number of fused-ring (bicyclic) bond motifs is 1. The quantitative estimate of drug-likeness (QED) is 0.429. The fourth-order valence-electron chi connectivity index (χ4n) is 6.20. The number of carbonyl (C=O) groups is 3. The smallest absolute Gasteiger partial charge is 0.238 e. The molecule has 0 bridgehead atoms. The van der Waals surface area contributed by atoms with E-state index in [2.05, 4.69) is 26.9 Å². The summed E-state index contributed by atoms with van der Waals surface area (Å²) in [5.74, 6) is -1.71. The zero-order valence-electron chi connectivity index (χ0n) is 21.5. The first-order valence-electron chi connectivity index (χ1n) is 13.3. The minimum absolute atomic E-state index is 0.0134. The second-order valence-corrected chi connectivity index (χ2v) is 12.0. The van der Waals surface area contributed by atoms with Crippen molar-refractivity contribution in [3.63, 3.8) is 0 Å². The van der Waals surface area contributed by atoms with E-state index < -0.39 is 16.7 Å². The molecule has 0 aromatic heterocycles. The monoisotopic (exact) mass is 535 g/mol. The summed E-state index contributed by atoms with van der Waals surface area (Å²) in [5, 5.41) is 27.9. The highest BCUT2D eigenvalue weighted by Gasteiger charge is 2.76. The topological polar surface area (TPSA) is 141 Å². The van der Waals surface area contributed by atoms with Crippen molar-refractivity contribution in [3.8, 4) is 12.1 Å². The van der Waals surface area contributed by atoms with Gasteiger partial charge in [0.25, 0.3) is 0 Å². The van der Waals surface area contributed by atoms with Crippen molar-refractivity contribution in [2.24, 2.45) is 17.8 Å². The van der Waals surface area contributed by atoms with Crippen molar-refractivity contribution < 1.29 is 14.4 Å².